The molecule has 18 heavy (non-hydrogen) atoms. The smallest absolute Gasteiger partial charge is 0.303 e. The van der Waals surface area contributed by atoms with Gasteiger partial charge in [-0.15, -0.1) is 0 Å². The van der Waals surface area contributed by atoms with Crippen LogP contribution in [0.25, 0.3) is 0 Å². The lowest BCUT2D eigenvalue weighted by Gasteiger charge is -2.39. The Kier molecular flexibility index (Phi) is 3.16. The second kappa shape index (κ2) is 4.25. The van der Waals surface area contributed by atoms with E-state index >= 15 is 0 Å². The Morgan fingerprint density at radius 2 is 1.94 bits per heavy atom. The van der Waals surface area contributed by atoms with E-state index in [2.05, 4.69) is 26.1 Å². The fourth-order valence-corrected chi connectivity index (χ4v) is 3.91. The van der Waals surface area contributed by atoms with E-state index in [1.807, 2.05) is 0 Å². The summed E-state index contributed by atoms with van der Waals surface area (Å²) in [4.78, 5) is 22.2. The van der Waals surface area contributed by atoms with Crippen molar-refractivity contribution in [3.63, 3.8) is 0 Å². The SMILES string of the molecule is CC1(C)[C@H]2CC[C@]1(C)[C@@H](NC(=O)CCC(=O)O)C2. The number of hydrogen-bond acceptors (Lipinski definition) is 2. The van der Waals surface area contributed by atoms with Crippen molar-refractivity contribution in [2.45, 2.75) is 58.9 Å². The quantitative estimate of drug-likeness (QED) is 0.807. The van der Waals surface area contributed by atoms with E-state index in [0.29, 0.717) is 5.92 Å². The number of fused-ring (bicyclic) bond motifs is 2. The molecule has 1 amide bonds. The number of carbonyl (C=O) groups is 2. The lowest BCUT2D eigenvalue weighted by atomic mass is 9.69. The summed E-state index contributed by atoms with van der Waals surface area (Å²) >= 11 is 0. The average Bonchev–Trinajstić information content (AvgIpc) is 2.59. The number of rotatable bonds is 4. The van der Waals surface area contributed by atoms with Crippen molar-refractivity contribution in [2.75, 3.05) is 0 Å². The van der Waals surface area contributed by atoms with Gasteiger partial charge in [0.05, 0.1) is 6.42 Å². The van der Waals surface area contributed by atoms with Crippen LogP contribution in [0.1, 0.15) is 52.9 Å². The largest absolute Gasteiger partial charge is 0.481 e. The highest BCUT2D eigenvalue weighted by molar-refractivity contribution is 5.80. The first-order valence-electron chi connectivity index (χ1n) is 6.78. The minimum absolute atomic E-state index is 0.0813. The molecule has 0 aliphatic heterocycles. The van der Waals surface area contributed by atoms with Crippen molar-refractivity contribution in [1.29, 1.82) is 0 Å². The monoisotopic (exact) mass is 253 g/mol. The fraction of sp³-hybridized carbons (Fsp3) is 0.857. The third-order valence-electron chi connectivity index (χ3n) is 5.70. The number of nitrogens with one attached hydrogen (secondary N) is 1. The summed E-state index contributed by atoms with van der Waals surface area (Å²) in [5, 5.41) is 11.6. The molecule has 0 heterocycles. The summed E-state index contributed by atoms with van der Waals surface area (Å²) in [7, 11) is 0. The molecule has 2 aliphatic carbocycles. The summed E-state index contributed by atoms with van der Waals surface area (Å²) in [5.74, 6) is -0.344. The van der Waals surface area contributed by atoms with Gasteiger partial charge in [0.15, 0.2) is 0 Å². The van der Waals surface area contributed by atoms with Crippen LogP contribution in [-0.2, 0) is 9.59 Å². The normalized spacial score (nSPS) is 36.6. The van der Waals surface area contributed by atoms with Crippen LogP contribution in [0.15, 0.2) is 0 Å². The average molecular weight is 253 g/mol. The predicted octanol–water partition coefficient (Wildman–Crippen LogP) is 2.18. The van der Waals surface area contributed by atoms with Gasteiger partial charge in [-0.3, -0.25) is 9.59 Å². The highest BCUT2D eigenvalue weighted by atomic mass is 16.4. The fourth-order valence-electron chi connectivity index (χ4n) is 3.91. The number of carboxylic acid groups (broad SMARTS) is 1. The summed E-state index contributed by atoms with van der Waals surface area (Å²) in [6.45, 7) is 6.87. The molecule has 0 aromatic carbocycles. The van der Waals surface area contributed by atoms with Gasteiger partial charge in [0.25, 0.3) is 0 Å². The number of carbonyl (C=O) groups excluding carboxylic acids is 1. The Labute approximate surface area is 108 Å². The van der Waals surface area contributed by atoms with Crippen molar-refractivity contribution in [3.05, 3.63) is 0 Å². The lowest BCUT2D eigenvalue weighted by molar-refractivity contribution is -0.139. The van der Waals surface area contributed by atoms with Gasteiger partial charge in [0.1, 0.15) is 0 Å². The summed E-state index contributed by atoms with van der Waals surface area (Å²) < 4.78 is 0. The lowest BCUT2D eigenvalue weighted by Crippen LogP contribution is -2.46. The number of carboxylic acids is 1. The van der Waals surface area contributed by atoms with Crippen LogP contribution in [0.3, 0.4) is 0 Å². The number of hydrogen-bond donors (Lipinski definition) is 2. The van der Waals surface area contributed by atoms with E-state index in [-0.39, 0.29) is 35.6 Å². The maximum atomic E-state index is 11.8. The van der Waals surface area contributed by atoms with E-state index < -0.39 is 5.97 Å². The van der Waals surface area contributed by atoms with Gasteiger partial charge in [0, 0.05) is 12.5 Å². The highest BCUT2D eigenvalue weighted by Crippen LogP contribution is 2.65. The molecule has 0 saturated heterocycles. The van der Waals surface area contributed by atoms with Crippen LogP contribution in [0.5, 0.6) is 0 Å². The molecule has 0 aromatic heterocycles. The second-order valence-electron chi connectivity index (χ2n) is 6.62. The van der Waals surface area contributed by atoms with Crippen molar-refractivity contribution in [2.24, 2.45) is 16.7 Å². The molecule has 0 unspecified atom stereocenters. The van der Waals surface area contributed by atoms with Crippen LogP contribution in [0.2, 0.25) is 0 Å². The van der Waals surface area contributed by atoms with Crippen LogP contribution < -0.4 is 5.32 Å². The zero-order valence-corrected chi connectivity index (χ0v) is 11.5. The number of amides is 1. The van der Waals surface area contributed by atoms with E-state index in [0.717, 1.165) is 12.8 Å². The first kappa shape index (κ1) is 13.4. The van der Waals surface area contributed by atoms with Gasteiger partial charge >= 0.3 is 5.97 Å². The van der Waals surface area contributed by atoms with Crippen LogP contribution in [0, 0.1) is 16.7 Å². The molecule has 2 aliphatic rings. The van der Waals surface area contributed by atoms with Crippen molar-refractivity contribution >= 4 is 11.9 Å². The molecule has 2 saturated carbocycles. The Balaban J connectivity index is 1.96. The molecule has 0 spiro atoms. The zero-order chi connectivity index (χ0) is 13.6. The minimum atomic E-state index is -0.912. The summed E-state index contributed by atoms with van der Waals surface area (Å²) in [5.41, 5.74) is 0.439. The maximum absolute atomic E-state index is 11.8. The van der Waals surface area contributed by atoms with Gasteiger partial charge in [-0.25, -0.2) is 0 Å². The molecular weight excluding hydrogens is 230 g/mol. The maximum Gasteiger partial charge on any atom is 0.303 e. The van der Waals surface area contributed by atoms with E-state index in [1.54, 1.807) is 0 Å². The van der Waals surface area contributed by atoms with Gasteiger partial charge < -0.3 is 10.4 Å². The van der Waals surface area contributed by atoms with Crippen molar-refractivity contribution < 1.29 is 14.7 Å². The predicted molar refractivity (Wildman–Crippen MR) is 68.0 cm³/mol. The molecule has 0 radical (unpaired) electrons. The minimum Gasteiger partial charge on any atom is -0.481 e. The standard InChI is InChI=1S/C14H23NO3/c1-13(2)9-6-7-14(13,3)10(8-9)15-11(16)4-5-12(17)18/h9-10H,4-8H2,1-3H3,(H,15,16)(H,17,18)/t9-,10-,14+/m0/s1. The highest BCUT2D eigenvalue weighted by Gasteiger charge is 2.61. The molecule has 102 valence electrons. The molecule has 3 atom stereocenters. The molecule has 4 heteroatoms. The molecule has 2 bridgehead atoms. The molecule has 2 fully saturated rings. The van der Waals surface area contributed by atoms with Gasteiger partial charge in [-0.1, -0.05) is 20.8 Å². The number of aliphatic carboxylic acids is 1. The zero-order valence-electron chi connectivity index (χ0n) is 11.5. The van der Waals surface area contributed by atoms with Gasteiger partial charge in [0.2, 0.25) is 5.91 Å². The molecule has 2 N–H and O–H groups in total. The van der Waals surface area contributed by atoms with Gasteiger partial charge in [-0.2, -0.15) is 0 Å². The van der Waals surface area contributed by atoms with Crippen LogP contribution in [0.4, 0.5) is 0 Å². The first-order chi connectivity index (χ1) is 8.27. The van der Waals surface area contributed by atoms with Crippen LogP contribution in [-0.4, -0.2) is 23.0 Å². The third kappa shape index (κ3) is 1.91. The second-order valence-corrected chi connectivity index (χ2v) is 6.62. The van der Waals surface area contributed by atoms with Crippen LogP contribution >= 0.6 is 0 Å². The van der Waals surface area contributed by atoms with E-state index in [4.69, 9.17) is 5.11 Å². The molecular formula is C14H23NO3. The van der Waals surface area contributed by atoms with Gasteiger partial charge in [-0.05, 0) is 36.0 Å². The summed E-state index contributed by atoms with van der Waals surface area (Å²) in [6.07, 6.45) is 3.47. The molecule has 4 nitrogen and oxygen atoms in total. The van der Waals surface area contributed by atoms with E-state index in [9.17, 15) is 9.59 Å². The Hall–Kier alpha value is -1.06. The first-order valence-corrected chi connectivity index (χ1v) is 6.78. The molecule has 2 rings (SSSR count). The van der Waals surface area contributed by atoms with Crippen molar-refractivity contribution in [1.82, 2.24) is 5.32 Å². The Bertz CT molecular complexity index is 377. The third-order valence-corrected chi connectivity index (χ3v) is 5.70. The Morgan fingerprint density at radius 3 is 2.39 bits per heavy atom. The van der Waals surface area contributed by atoms with E-state index in [1.165, 1.54) is 6.42 Å². The van der Waals surface area contributed by atoms with Crippen molar-refractivity contribution in [3.8, 4) is 0 Å². The summed E-state index contributed by atoms with van der Waals surface area (Å²) in [6, 6.07) is 0.215. The Morgan fingerprint density at radius 1 is 1.28 bits per heavy atom. The molecule has 0 aromatic rings. The topological polar surface area (TPSA) is 66.4 Å².